The molecule has 0 aliphatic heterocycles. The van der Waals surface area contributed by atoms with Gasteiger partial charge in [-0.15, -0.1) is 11.3 Å². The van der Waals surface area contributed by atoms with Gasteiger partial charge in [-0.2, -0.15) is 0 Å². The van der Waals surface area contributed by atoms with Gasteiger partial charge in [0, 0.05) is 10.6 Å². The highest BCUT2D eigenvalue weighted by Gasteiger charge is 2.34. The summed E-state index contributed by atoms with van der Waals surface area (Å²) in [6.07, 6.45) is 4.42. The van der Waals surface area contributed by atoms with Crippen LogP contribution in [-0.2, 0) is 24.2 Å². The largest absolute Gasteiger partial charge is 0.468 e. The second-order valence-corrected chi connectivity index (χ2v) is 11.2. The van der Waals surface area contributed by atoms with Crippen molar-refractivity contribution in [3.63, 3.8) is 0 Å². The molecule has 0 bridgehead atoms. The molecule has 0 saturated heterocycles. The molecule has 180 valence electrons. The molecule has 1 aliphatic rings. The van der Waals surface area contributed by atoms with Gasteiger partial charge in [0.05, 0.1) is 24.9 Å². The van der Waals surface area contributed by atoms with Gasteiger partial charge >= 0.3 is 0 Å². The number of carbonyl (C=O) groups is 2. The molecule has 2 amide bonds. The lowest BCUT2D eigenvalue weighted by molar-refractivity contribution is -0.115. The molecule has 1 aromatic carbocycles. The predicted octanol–water partition coefficient (Wildman–Crippen LogP) is 5.78. The Morgan fingerprint density at radius 3 is 2.68 bits per heavy atom. The number of hydrogen-bond donors (Lipinski definition) is 3. The zero-order valence-electron chi connectivity index (χ0n) is 20.3. The molecule has 34 heavy (non-hydrogen) atoms. The SMILES string of the molecule is Cc1cccc(NC(=O)c2c(NC(=O)CNCc3ccco3)sc3c2CC[C@@H](C(C)(C)C)C3)c1. The van der Waals surface area contributed by atoms with Crippen LogP contribution in [-0.4, -0.2) is 18.4 Å². The van der Waals surface area contributed by atoms with Gasteiger partial charge < -0.3 is 20.4 Å². The molecule has 0 radical (unpaired) electrons. The van der Waals surface area contributed by atoms with E-state index in [1.165, 1.54) is 4.88 Å². The standard InChI is InChI=1S/C27H33N3O3S/c1-17-7-5-8-19(13-17)29-25(32)24-21-11-10-18(27(2,3)4)14-22(21)34-26(24)30-23(31)16-28-15-20-9-6-12-33-20/h5-9,12-13,18,28H,10-11,14-16H2,1-4H3,(H,29,32)(H,30,31)/t18-/m1/s1. The summed E-state index contributed by atoms with van der Waals surface area (Å²) in [7, 11) is 0. The molecule has 3 N–H and O–H groups in total. The van der Waals surface area contributed by atoms with Gasteiger partial charge in [-0.05, 0) is 72.9 Å². The average Bonchev–Trinajstić information content (AvgIpc) is 3.40. The van der Waals surface area contributed by atoms with E-state index in [1.54, 1.807) is 17.6 Å². The van der Waals surface area contributed by atoms with Crippen LogP contribution in [0.2, 0.25) is 0 Å². The Balaban J connectivity index is 1.54. The van der Waals surface area contributed by atoms with Crippen LogP contribution in [0.5, 0.6) is 0 Å². The van der Waals surface area contributed by atoms with E-state index in [0.29, 0.717) is 23.0 Å². The highest BCUT2D eigenvalue weighted by Crippen LogP contribution is 2.44. The first-order chi connectivity index (χ1) is 16.2. The third kappa shape index (κ3) is 5.77. The Bertz CT molecular complexity index is 1160. The minimum absolute atomic E-state index is 0.132. The Morgan fingerprint density at radius 2 is 1.97 bits per heavy atom. The summed E-state index contributed by atoms with van der Waals surface area (Å²) in [5.74, 6) is 0.967. The van der Waals surface area contributed by atoms with Gasteiger partial charge in [-0.25, -0.2) is 0 Å². The average molecular weight is 480 g/mol. The summed E-state index contributed by atoms with van der Waals surface area (Å²) in [6.45, 7) is 9.41. The molecule has 3 aromatic rings. The van der Waals surface area contributed by atoms with Crippen LogP contribution in [0, 0.1) is 18.3 Å². The number of hydrogen-bond acceptors (Lipinski definition) is 5. The number of aryl methyl sites for hydroxylation is 1. The summed E-state index contributed by atoms with van der Waals surface area (Å²) in [4.78, 5) is 27.4. The van der Waals surface area contributed by atoms with Gasteiger partial charge in [0.25, 0.3) is 5.91 Å². The molecule has 7 heteroatoms. The Hall–Kier alpha value is -2.90. The first kappa shape index (κ1) is 24.2. The number of benzene rings is 1. The fraction of sp³-hybridized carbons (Fsp3) is 0.407. The van der Waals surface area contributed by atoms with Crippen molar-refractivity contribution < 1.29 is 14.0 Å². The molecule has 6 nitrogen and oxygen atoms in total. The lowest BCUT2D eigenvalue weighted by Crippen LogP contribution is -2.28. The number of thiophene rings is 1. The first-order valence-electron chi connectivity index (χ1n) is 11.8. The smallest absolute Gasteiger partial charge is 0.258 e. The van der Waals surface area contributed by atoms with Crippen LogP contribution in [0.3, 0.4) is 0 Å². The van der Waals surface area contributed by atoms with E-state index in [1.807, 2.05) is 43.3 Å². The van der Waals surface area contributed by atoms with E-state index in [2.05, 4.69) is 36.7 Å². The number of amides is 2. The molecule has 2 heterocycles. The Labute approximate surface area is 205 Å². The van der Waals surface area contributed by atoms with E-state index in [-0.39, 0.29) is 23.8 Å². The Morgan fingerprint density at radius 1 is 1.15 bits per heavy atom. The molecule has 0 saturated carbocycles. The van der Waals surface area contributed by atoms with Gasteiger partial charge in [-0.3, -0.25) is 9.59 Å². The van der Waals surface area contributed by atoms with Crippen molar-refractivity contribution in [3.05, 3.63) is 70.0 Å². The Kier molecular flexibility index (Phi) is 7.24. The minimum atomic E-state index is -0.179. The predicted molar refractivity (Wildman–Crippen MR) is 137 cm³/mol. The number of anilines is 2. The monoisotopic (exact) mass is 479 g/mol. The summed E-state index contributed by atoms with van der Waals surface area (Å²) < 4.78 is 5.30. The van der Waals surface area contributed by atoms with Gasteiger partial charge in [0.2, 0.25) is 5.91 Å². The van der Waals surface area contributed by atoms with E-state index in [0.717, 1.165) is 41.8 Å². The van der Waals surface area contributed by atoms with Gasteiger partial charge in [0.15, 0.2) is 0 Å². The molecular weight excluding hydrogens is 446 g/mol. The lowest BCUT2D eigenvalue weighted by atomic mass is 9.72. The van der Waals surface area contributed by atoms with Crippen LogP contribution in [0.15, 0.2) is 47.1 Å². The van der Waals surface area contributed by atoms with Crippen molar-refractivity contribution in [2.45, 2.75) is 53.5 Å². The molecular formula is C27H33N3O3S. The van der Waals surface area contributed by atoms with Crippen molar-refractivity contribution in [3.8, 4) is 0 Å². The minimum Gasteiger partial charge on any atom is -0.468 e. The zero-order chi connectivity index (χ0) is 24.3. The topological polar surface area (TPSA) is 83.4 Å². The molecule has 2 aromatic heterocycles. The van der Waals surface area contributed by atoms with Crippen molar-refractivity contribution >= 4 is 33.8 Å². The molecule has 0 unspecified atom stereocenters. The summed E-state index contributed by atoms with van der Waals surface area (Å²) >= 11 is 1.54. The lowest BCUT2D eigenvalue weighted by Gasteiger charge is -2.33. The summed E-state index contributed by atoms with van der Waals surface area (Å²) in [5, 5.41) is 9.77. The second kappa shape index (κ2) is 10.2. The fourth-order valence-electron chi connectivity index (χ4n) is 4.45. The number of fused-ring (bicyclic) bond motifs is 1. The van der Waals surface area contributed by atoms with Crippen molar-refractivity contribution in [1.29, 1.82) is 0 Å². The van der Waals surface area contributed by atoms with Crippen LogP contribution in [0.1, 0.15) is 59.3 Å². The summed E-state index contributed by atoms with van der Waals surface area (Å²) in [6, 6.07) is 11.4. The van der Waals surface area contributed by atoms with E-state index in [4.69, 9.17) is 4.42 Å². The molecule has 0 fully saturated rings. The third-order valence-corrected chi connectivity index (χ3v) is 7.58. The molecule has 1 atom stereocenters. The zero-order valence-corrected chi connectivity index (χ0v) is 21.1. The van der Waals surface area contributed by atoms with E-state index < -0.39 is 0 Å². The van der Waals surface area contributed by atoms with Crippen molar-refractivity contribution in [2.75, 3.05) is 17.2 Å². The third-order valence-electron chi connectivity index (χ3n) is 6.41. The maximum atomic E-state index is 13.4. The van der Waals surface area contributed by atoms with Crippen LogP contribution in [0.25, 0.3) is 0 Å². The normalized spacial score (nSPS) is 15.6. The number of furan rings is 1. The van der Waals surface area contributed by atoms with Crippen LogP contribution in [0.4, 0.5) is 10.7 Å². The van der Waals surface area contributed by atoms with Gasteiger partial charge in [0.1, 0.15) is 10.8 Å². The first-order valence-corrected chi connectivity index (χ1v) is 12.6. The quantitative estimate of drug-likeness (QED) is 0.401. The van der Waals surface area contributed by atoms with Crippen molar-refractivity contribution in [1.82, 2.24) is 5.32 Å². The maximum Gasteiger partial charge on any atom is 0.258 e. The van der Waals surface area contributed by atoms with Crippen LogP contribution >= 0.6 is 11.3 Å². The van der Waals surface area contributed by atoms with E-state index in [9.17, 15) is 9.59 Å². The molecule has 1 aliphatic carbocycles. The number of nitrogens with one attached hydrogen (secondary N) is 3. The number of carbonyl (C=O) groups excluding carboxylic acids is 2. The number of rotatable bonds is 7. The molecule has 4 rings (SSSR count). The second-order valence-electron chi connectivity index (χ2n) is 10.1. The van der Waals surface area contributed by atoms with Crippen LogP contribution < -0.4 is 16.0 Å². The highest BCUT2D eigenvalue weighted by molar-refractivity contribution is 7.17. The fourth-order valence-corrected chi connectivity index (χ4v) is 5.79. The van der Waals surface area contributed by atoms with Gasteiger partial charge in [-0.1, -0.05) is 32.9 Å². The molecule has 0 spiro atoms. The maximum absolute atomic E-state index is 13.4. The van der Waals surface area contributed by atoms with Crippen molar-refractivity contribution in [2.24, 2.45) is 11.3 Å². The van der Waals surface area contributed by atoms with E-state index >= 15 is 0 Å². The summed E-state index contributed by atoms with van der Waals surface area (Å²) in [5.41, 5.74) is 3.72. The highest BCUT2D eigenvalue weighted by atomic mass is 32.1.